The Morgan fingerprint density at radius 1 is 1.03 bits per heavy atom. The molecule has 0 spiro atoms. The van der Waals surface area contributed by atoms with Gasteiger partial charge in [-0.3, -0.25) is 14.2 Å². The third-order valence-corrected chi connectivity index (χ3v) is 7.48. The number of benzene rings is 2. The van der Waals surface area contributed by atoms with Crippen molar-refractivity contribution in [2.24, 2.45) is 0 Å². The lowest BCUT2D eigenvalue weighted by molar-refractivity contribution is -0.116. The maximum atomic E-state index is 13.2. The van der Waals surface area contributed by atoms with E-state index in [1.54, 1.807) is 16.7 Å². The van der Waals surface area contributed by atoms with E-state index in [9.17, 15) is 9.59 Å². The average Bonchev–Trinajstić information content (AvgIpc) is 3.40. The normalized spacial score (nSPS) is 10.9. The highest BCUT2D eigenvalue weighted by atomic mass is 32.2. The molecule has 0 N–H and O–H groups in total. The molecule has 10 heteroatoms. The molecule has 0 fully saturated rings. The van der Waals surface area contributed by atoms with Gasteiger partial charge in [0, 0.05) is 29.9 Å². The number of aromatic nitrogens is 5. The number of thiazole rings is 1. The summed E-state index contributed by atoms with van der Waals surface area (Å²) in [6.45, 7) is 0.416. The van der Waals surface area contributed by atoms with Crippen molar-refractivity contribution in [2.75, 3.05) is 5.75 Å². The van der Waals surface area contributed by atoms with Crippen molar-refractivity contribution in [3.63, 3.8) is 0 Å². The van der Waals surface area contributed by atoms with Gasteiger partial charge in [0.1, 0.15) is 10.8 Å². The van der Waals surface area contributed by atoms with Crippen LogP contribution in [0.3, 0.4) is 0 Å². The lowest BCUT2D eigenvalue weighted by Gasteiger charge is -2.12. The van der Waals surface area contributed by atoms with Crippen LogP contribution >= 0.6 is 23.1 Å². The van der Waals surface area contributed by atoms with Crippen molar-refractivity contribution in [2.45, 2.75) is 24.5 Å². The lowest BCUT2D eigenvalue weighted by Crippen LogP contribution is -2.25. The zero-order chi connectivity index (χ0) is 25.6. The predicted molar refractivity (Wildman–Crippen MR) is 143 cm³/mol. The number of hydrogen-bond donors (Lipinski definition) is 0. The van der Waals surface area contributed by atoms with Crippen molar-refractivity contribution in [1.29, 1.82) is 5.26 Å². The topological polar surface area (TPSA) is 114 Å². The number of nitrogens with zero attached hydrogens (tertiary/aromatic N) is 6. The minimum absolute atomic E-state index is 0.0196. The van der Waals surface area contributed by atoms with Crippen molar-refractivity contribution < 1.29 is 4.79 Å². The first-order valence-corrected chi connectivity index (χ1v) is 13.3. The molecule has 37 heavy (non-hydrogen) atoms. The molecule has 0 unspecified atom stereocenters. The summed E-state index contributed by atoms with van der Waals surface area (Å²) in [5, 5.41) is 12.0. The molecule has 0 saturated carbocycles. The van der Waals surface area contributed by atoms with Gasteiger partial charge in [-0.25, -0.2) is 19.9 Å². The molecule has 0 radical (unpaired) electrons. The second-order valence-corrected chi connectivity index (χ2v) is 10.0. The number of nitriles is 1. The number of ketones is 1. The second kappa shape index (κ2) is 11.2. The molecule has 0 amide bonds. The maximum absolute atomic E-state index is 13.2. The van der Waals surface area contributed by atoms with Crippen LogP contribution in [0.4, 0.5) is 0 Å². The van der Waals surface area contributed by atoms with Gasteiger partial charge in [0.25, 0.3) is 5.56 Å². The highest BCUT2D eigenvalue weighted by molar-refractivity contribution is 7.99. The molecule has 0 aliphatic rings. The first kappa shape index (κ1) is 24.5. The van der Waals surface area contributed by atoms with Gasteiger partial charge in [0.05, 0.1) is 29.5 Å². The highest BCUT2D eigenvalue weighted by Crippen LogP contribution is 2.24. The van der Waals surface area contributed by atoms with Crippen LogP contribution in [0, 0.1) is 11.3 Å². The molecule has 3 aromatic heterocycles. The van der Waals surface area contributed by atoms with Gasteiger partial charge in [0.15, 0.2) is 16.3 Å². The number of fused-ring (bicyclic) bond motifs is 1. The largest absolute Gasteiger partial charge is 0.298 e. The molecular formula is C27H20N6O2S2. The number of Topliss-reactive ketones (excluding diaryl/α,β-unsaturated/α-hetero) is 1. The van der Waals surface area contributed by atoms with Crippen LogP contribution in [0.15, 0.2) is 82.3 Å². The molecule has 3 heterocycles. The highest BCUT2D eigenvalue weighted by Gasteiger charge is 2.16. The zero-order valence-electron chi connectivity index (χ0n) is 19.6. The van der Waals surface area contributed by atoms with Gasteiger partial charge >= 0.3 is 0 Å². The van der Waals surface area contributed by atoms with Gasteiger partial charge < -0.3 is 0 Å². The molecule has 182 valence electrons. The Morgan fingerprint density at radius 3 is 2.59 bits per heavy atom. The summed E-state index contributed by atoms with van der Waals surface area (Å²) in [5.41, 5.74) is 3.57. The minimum Gasteiger partial charge on any atom is -0.298 e. The molecule has 8 nitrogen and oxygen atoms in total. The number of hydrogen-bond acceptors (Lipinski definition) is 9. The summed E-state index contributed by atoms with van der Waals surface area (Å²) >= 11 is 2.65. The van der Waals surface area contributed by atoms with E-state index in [4.69, 9.17) is 5.26 Å². The van der Waals surface area contributed by atoms with E-state index in [2.05, 4.69) is 26.0 Å². The Kier molecular flexibility index (Phi) is 7.44. The molecule has 0 bridgehead atoms. The first-order chi connectivity index (χ1) is 18.1. The summed E-state index contributed by atoms with van der Waals surface area (Å²) in [5.74, 6) is 0.129. The number of thioether (sulfide) groups is 1. The summed E-state index contributed by atoms with van der Waals surface area (Å²) in [6.07, 6.45) is 3.81. The van der Waals surface area contributed by atoms with E-state index in [1.165, 1.54) is 35.5 Å². The fourth-order valence-electron chi connectivity index (χ4n) is 3.73. The quantitative estimate of drug-likeness (QED) is 0.207. The molecule has 0 aliphatic carbocycles. The smallest absolute Gasteiger partial charge is 0.282 e. The number of carbonyl (C=O) groups excluding carboxylic acids is 1. The maximum Gasteiger partial charge on any atom is 0.282 e. The molecule has 0 atom stereocenters. The van der Waals surface area contributed by atoms with Crippen LogP contribution < -0.4 is 5.56 Å². The predicted octanol–water partition coefficient (Wildman–Crippen LogP) is 4.33. The standard InChI is InChI=1S/C27H20N6O2S2/c28-15-19-6-8-20(9-7-19)22-17-36-23(31-22)14-21(34)16-37-27-32-25-24(29-11-12-30-25)26(35)33(27)13-10-18-4-2-1-3-5-18/h1-9,11-12,17H,10,13-14,16H2. The second-order valence-electron chi connectivity index (χ2n) is 8.14. The SMILES string of the molecule is N#Cc1ccc(-c2csc(CC(=O)CSc3nc4nccnc4c(=O)n3CCc3ccccc3)n2)cc1. The van der Waals surface area contributed by atoms with E-state index in [0.717, 1.165) is 16.8 Å². The molecule has 5 rings (SSSR count). The summed E-state index contributed by atoms with van der Waals surface area (Å²) in [4.78, 5) is 43.5. The van der Waals surface area contributed by atoms with Crippen LogP contribution in [0.5, 0.6) is 0 Å². The Morgan fingerprint density at radius 2 is 1.81 bits per heavy atom. The number of carbonyl (C=O) groups is 1. The van der Waals surface area contributed by atoms with Gasteiger partial charge in [0.2, 0.25) is 0 Å². The molecule has 0 saturated heterocycles. The Labute approximate surface area is 220 Å². The van der Waals surface area contributed by atoms with Crippen molar-refractivity contribution in [3.05, 3.63) is 98.9 Å². The summed E-state index contributed by atoms with van der Waals surface area (Å²) < 4.78 is 1.58. The van der Waals surface area contributed by atoms with Crippen molar-refractivity contribution >= 4 is 40.0 Å². The Balaban J connectivity index is 1.30. The fraction of sp³-hybridized carbons (Fsp3) is 0.148. The van der Waals surface area contributed by atoms with Crippen LogP contribution in [-0.2, 0) is 24.2 Å². The van der Waals surface area contributed by atoms with Crippen LogP contribution in [0.25, 0.3) is 22.4 Å². The van der Waals surface area contributed by atoms with E-state index < -0.39 is 0 Å². The van der Waals surface area contributed by atoms with Crippen molar-refractivity contribution in [1.82, 2.24) is 24.5 Å². The molecule has 0 aliphatic heterocycles. The van der Waals surface area contributed by atoms with Crippen LogP contribution in [-0.4, -0.2) is 36.0 Å². The van der Waals surface area contributed by atoms with Crippen LogP contribution in [0.2, 0.25) is 0 Å². The van der Waals surface area contributed by atoms with E-state index in [1.807, 2.05) is 47.8 Å². The number of rotatable bonds is 9. The average molecular weight is 525 g/mol. The monoisotopic (exact) mass is 524 g/mol. The third-order valence-electron chi connectivity index (χ3n) is 5.60. The van der Waals surface area contributed by atoms with E-state index in [0.29, 0.717) is 28.7 Å². The molecular weight excluding hydrogens is 504 g/mol. The summed E-state index contributed by atoms with van der Waals surface area (Å²) in [6, 6.07) is 19.2. The fourth-order valence-corrected chi connectivity index (χ4v) is 5.43. The first-order valence-electron chi connectivity index (χ1n) is 11.5. The third kappa shape index (κ3) is 5.80. The van der Waals surface area contributed by atoms with E-state index in [-0.39, 0.29) is 34.7 Å². The Bertz CT molecular complexity index is 1660. The van der Waals surface area contributed by atoms with E-state index >= 15 is 0 Å². The lowest BCUT2D eigenvalue weighted by atomic mass is 10.1. The minimum atomic E-state index is -0.268. The van der Waals surface area contributed by atoms with Gasteiger partial charge in [-0.1, -0.05) is 54.2 Å². The van der Waals surface area contributed by atoms with Crippen LogP contribution in [0.1, 0.15) is 16.1 Å². The molecule has 2 aromatic carbocycles. The molecule has 5 aromatic rings. The van der Waals surface area contributed by atoms with Gasteiger partial charge in [-0.2, -0.15) is 5.26 Å². The summed E-state index contributed by atoms with van der Waals surface area (Å²) in [7, 11) is 0. The zero-order valence-corrected chi connectivity index (χ0v) is 21.2. The van der Waals surface area contributed by atoms with Crippen molar-refractivity contribution in [3.8, 4) is 17.3 Å². The Hall–Kier alpha value is -4.20. The number of aryl methyl sites for hydroxylation is 1. The van der Waals surface area contributed by atoms with Gasteiger partial charge in [-0.05, 0) is 24.1 Å². The van der Waals surface area contributed by atoms with Gasteiger partial charge in [-0.15, -0.1) is 11.3 Å².